The second kappa shape index (κ2) is 14.7. The van der Waals surface area contributed by atoms with Gasteiger partial charge in [-0.2, -0.15) is 15.3 Å². The van der Waals surface area contributed by atoms with Crippen LogP contribution >= 0.6 is 0 Å². The van der Waals surface area contributed by atoms with E-state index in [1.807, 2.05) is 0 Å². The Kier molecular flexibility index (Phi) is 13.2. The van der Waals surface area contributed by atoms with E-state index in [0.717, 1.165) is 0 Å². The molecule has 0 atom stereocenters. The fourth-order valence-corrected chi connectivity index (χ4v) is 1.46. The third kappa shape index (κ3) is 10.9. The van der Waals surface area contributed by atoms with Crippen molar-refractivity contribution in [2.45, 2.75) is 13.8 Å². The van der Waals surface area contributed by atoms with Crippen molar-refractivity contribution < 1.29 is 29.7 Å². The first-order valence-electron chi connectivity index (χ1n) is 8.11. The van der Waals surface area contributed by atoms with Crippen LogP contribution in [-0.4, -0.2) is 88.0 Å². The van der Waals surface area contributed by atoms with Crippen molar-refractivity contribution >= 4 is 72.9 Å². The van der Waals surface area contributed by atoms with Gasteiger partial charge in [-0.25, -0.2) is 10.2 Å². The molecule has 0 aliphatic carbocycles. The van der Waals surface area contributed by atoms with Crippen molar-refractivity contribution in [3.8, 4) is 0 Å². The summed E-state index contributed by atoms with van der Waals surface area (Å²) in [6, 6.07) is 5.91. The Hall–Kier alpha value is -3.22. The molecule has 0 unspecified atom stereocenters. The van der Waals surface area contributed by atoms with Crippen molar-refractivity contribution in [1.29, 1.82) is 0 Å². The number of amides is 1. The number of pyridine rings is 2. The zero-order valence-electron chi connectivity index (χ0n) is 16.6. The SMILES string of the molecule is CC(=NN=C([O-])c1ccncc1)C(=O)[O-].CC(=NNC(=O)c1ccncc1)C(=O)O.[Ca+2]. The minimum absolute atomic E-state index is 0. The van der Waals surface area contributed by atoms with Gasteiger partial charge >= 0.3 is 43.7 Å². The summed E-state index contributed by atoms with van der Waals surface area (Å²) in [5.41, 5.74) is 2.25. The molecule has 156 valence electrons. The second-order valence-corrected chi connectivity index (χ2v) is 5.29. The molecule has 0 spiro atoms. The number of nitrogens with one attached hydrogen (secondary N) is 1. The fourth-order valence-electron chi connectivity index (χ4n) is 1.46. The number of aromatic nitrogens is 2. The summed E-state index contributed by atoms with van der Waals surface area (Å²) in [5.74, 6) is -3.73. The molecule has 0 radical (unpaired) electrons. The van der Waals surface area contributed by atoms with Crippen LogP contribution in [0.1, 0.15) is 29.8 Å². The van der Waals surface area contributed by atoms with E-state index < -0.39 is 23.7 Å². The third-order valence-corrected chi connectivity index (χ3v) is 3.09. The van der Waals surface area contributed by atoms with Crippen molar-refractivity contribution in [3.63, 3.8) is 0 Å². The average Bonchev–Trinajstić information content (AvgIpc) is 2.76. The molecule has 12 nitrogen and oxygen atoms in total. The van der Waals surface area contributed by atoms with Gasteiger partial charge in [0.05, 0.1) is 11.7 Å². The zero-order valence-corrected chi connectivity index (χ0v) is 18.8. The van der Waals surface area contributed by atoms with Gasteiger partial charge in [0.1, 0.15) is 5.71 Å². The number of carboxylic acids is 2. The van der Waals surface area contributed by atoms with Crippen LogP contribution in [0.3, 0.4) is 0 Å². The summed E-state index contributed by atoms with van der Waals surface area (Å²) in [4.78, 5) is 39.4. The van der Waals surface area contributed by atoms with Crippen LogP contribution < -0.4 is 15.6 Å². The molecule has 0 aliphatic heterocycles. The van der Waals surface area contributed by atoms with Crippen molar-refractivity contribution in [3.05, 3.63) is 60.2 Å². The Bertz CT molecular complexity index is 980. The molecule has 0 saturated heterocycles. The first-order chi connectivity index (χ1) is 14.2. The van der Waals surface area contributed by atoms with Gasteiger partial charge in [-0.15, -0.1) is 0 Å². The van der Waals surface area contributed by atoms with E-state index >= 15 is 0 Å². The molecule has 1 amide bonds. The van der Waals surface area contributed by atoms with E-state index in [9.17, 15) is 24.6 Å². The molecular weight excluding hydrogens is 436 g/mol. The maximum absolute atomic E-state index is 11.3. The molecular formula is C18H16CaN6O6. The van der Waals surface area contributed by atoms with Crippen LogP contribution in [0.4, 0.5) is 0 Å². The molecule has 31 heavy (non-hydrogen) atoms. The predicted molar refractivity (Wildman–Crippen MR) is 107 cm³/mol. The molecule has 0 saturated carbocycles. The van der Waals surface area contributed by atoms with Gasteiger partial charge in [0.25, 0.3) is 5.91 Å². The Morgan fingerprint density at radius 2 is 1.35 bits per heavy atom. The number of aliphatic carboxylic acids is 2. The molecule has 0 fully saturated rings. The maximum Gasteiger partial charge on any atom is 2.00 e. The van der Waals surface area contributed by atoms with Crippen LogP contribution in [0.5, 0.6) is 0 Å². The quantitative estimate of drug-likeness (QED) is 0.222. The number of rotatable bonds is 6. The number of nitrogens with zero attached hydrogens (tertiary/aromatic N) is 5. The summed E-state index contributed by atoms with van der Waals surface area (Å²) >= 11 is 0. The minimum atomic E-state index is -1.46. The van der Waals surface area contributed by atoms with Crippen molar-refractivity contribution in [2.75, 3.05) is 0 Å². The van der Waals surface area contributed by atoms with E-state index in [1.165, 1.54) is 62.9 Å². The van der Waals surface area contributed by atoms with Crippen LogP contribution in [-0.2, 0) is 9.59 Å². The number of hydrogen-bond donors (Lipinski definition) is 2. The molecule has 2 aromatic heterocycles. The minimum Gasteiger partial charge on any atom is -0.857 e. The molecule has 13 heteroatoms. The van der Waals surface area contributed by atoms with Crippen molar-refractivity contribution in [1.82, 2.24) is 15.4 Å². The number of carboxylic acid groups (broad SMARTS) is 2. The molecule has 2 rings (SSSR count). The summed E-state index contributed by atoms with van der Waals surface area (Å²) in [6.07, 6.45) is 5.78. The van der Waals surface area contributed by atoms with E-state index in [1.54, 1.807) is 0 Å². The van der Waals surface area contributed by atoms with Crippen LogP contribution in [0.25, 0.3) is 0 Å². The Labute approximate surface area is 206 Å². The van der Waals surface area contributed by atoms with Gasteiger partial charge in [0, 0.05) is 36.2 Å². The number of carbonyl (C=O) groups excluding carboxylic acids is 2. The zero-order chi connectivity index (χ0) is 22.5. The van der Waals surface area contributed by atoms with E-state index in [2.05, 4.69) is 30.7 Å². The maximum atomic E-state index is 11.3. The van der Waals surface area contributed by atoms with Crippen LogP contribution in [0, 0.1) is 0 Å². The topological polar surface area (TPSA) is 192 Å². The average molecular weight is 452 g/mol. The summed E-state index contributed by atoms with van der Waals surface area (Å²) in [5, 5.41) is 39.8. The molecule has 2 aromatic rings. The van der Waals surface area contributed by atoms with E-state index in [4.69, 9.17) is 5.11 Å². The van der Waals surface area contributed by atoms with Gasteiger partial charge in [0.15, 0.2) is 0 Å². The van der Waals surface area contributed by atoms with Gasteiger partial charge in [0.2, 0.25) is 0 Å². The first-order valence-corrected chi connectivity index (χ1v) is 8.11. The normalized spacial score (nSPS) is 11.4. The summed E-state index contributed by atoms with van der Waals surface area (Å²) in [7, 11) is 0. The fraction of sp³-hybridized carbons (Fsp3) is 0.111. The largest absolute Gasteiger partial charge is 2.00 e. The van der Waals surface area contributed by atoms with Gasteiger partial charge in [-0.1, -0.05) is 0 Å². The van der Waals surface area contributed by atoms with Crippen LogP contribution in [0.2, 0.25) is 0 Å². The summed E-state index contributed by atoms with van der Waals surface area (Å²) in [6.45, 7) is 2.48. The van der Waals surface area contributed by atoms with Gasteiger partial charge in [-0.3, -0.25) is 14.8 Å². The Morgan fingerprint density at radius 3 is 1.81 bits per heavy atom. The standard InChI is InChI=1S/2C9H9N3O3.Ca/c2*1-6(9(14)15)11-12-8(13)7-2-4-10-5-3-7;/h2*2-5H,1H3,(H,12,13)(H,14,15);/q;;+2/p-2. The van der Waals surface area contributed by atoms with Gasteiger partial charge < -0.3 is 20.1 Å². The first kappa shape index (κ1) is 27.8. The number of carbonyl (C=O) groups is 3. The predicted octanol–water partition coefficient (Wildman–Crippen LogP) is -1.79. The smallest absolute Gasteiger partial charge is 0.857 e. The summed E-state index contributed by atoms with van der Waals surface area (Å²) < 4.78 is 0. The Balaban J connectivity index is 0.000000562. The van der Waals surface area contributed by atoms with Crippen molar-refractivity contribution in [2.24, 2.45) is 15.3 Å². The van der Waals surface area contributed by atoms with E-state index in [0.29, 0.717) is 11.1 Å². The molecule has 2 N–H and O–H groups in total. The molecule has 2 heterocycles. The number of hydrogen-bond acceptors (Lipinski definition) is 10. The third-order valence-electron chi connectivity index (χ3n) is 3.09. The monoisotopic (exact) mass is 452 g/mol. The molecule has 0 bridgehead atoms. The second-order valence-electron chi connectivity index (χ2n) is 5.29. The van der Waals surface area contributed by atoms with Crippen LogP contribution in [0.15, 0.2) is 64.4 Å². The molecule has 0 aliphatic rings. The Morgan fingerprint density at radius 1 is 0.871 bits per heavy atom. The van der Waals surface area contributed by atoms with Gasteiger partial charge in [-0.05, 0) is 43.7 Å². The van der Waals surface area contributed by atoms with E-state index in [-0.39, 0.29) is 49.2 Å². The number of hydrazone groups is 1. The molecule has 0 aromatic carbocycles.